The van der Waals surface area contributed by atoms with Crippen molar-refractivity contribution in [1.82, 2.24) is 5.32 Å². The van der Waals surface area contributed by atoms with E-state index in [1.807, 2.05) is 24.4 Å². The summed E-state index contributed by atoms with van der Waals surface area (Å²) in [6.07, 6.45) is 0.827. The van der Waals surface area contributed by atoms with E-state index in [-0.39, 0.29) is 11.9 Å². The van der Waals surface area contributed by atoms with Crippen molar-refractivity contribution in [3.63, 3.8) is 0 Å². The van der Waals surface area contributed by atoms with Crippen molar-refractivity contribution in [3.05, 3.63) is 52.2 Å². The molecule has 0 aliphatic rings. The van der Waals surface area contributed by atoms with E-state index in [2.05, 4.69) is 22.2 Å². The van der Waals surface area contributed by atoms with E-state index in [1.165, 1.54) is 5.56 Å². The molecular formula is C14H17N3OS. The molecule has 1 heterocycles. The summed E-state index contributed by atoms with van der Waals surface area (Å²) in [6, 6.07) is 9.33. The molecule has 2 aromatic rings. The second-order valence-electron chi connectivity index (χ2n) is 4.40. The van der Waals surface area contributed by atoms with Crippen LogP contribution in [0.4, 0.5) is 5.69 Å². The normalized spacial score (nSPS) is 11.9. The standard InChI is InChI=1S/C14H17N3OS/c1-10(8-11-6-7-19-9-11)16-14(18)12-4-2-3-5-13(12)17-15/h2-7,9-10,17H,8,15H2,1H3,(H,16,18). The summed E-state index contributed by atoms with van der Waals surface area (Å²) < 4.78 is 0. The summed E-state index contributed by atoms with van der Waals surface area (Å²) in [5.74, 6) is 5.29. The van der Waals surface area contributed by atoms with Crippen molar-refractivity contribution in [2.45, 2.75) is 19.4 Å². The van der Waals surface area contributed by atoms with E-state index in [1.54, 1.807) is 23.5 Å². The minimum Gasteiger partial charge on any atom is -0.349 e. The van der Waals surface area contributed by atoms with Crippen LogP contribution in [0, 0.1) is 0 Å². The molecule has 1 amide bonds. The molecule has 0 fully saturated rings. The van der Waals surface area contributed by atoms with Gasteiger partial charge in [0.05, 0.1) is 11.3 Å². The van der Waals surface area contributed by atoms with Gasteiger partial charge in [0, 0.05) is 6.04 Å². The van der Waals surface area contributed by atoms with E-state index in [0.29, 0.717) is 11.3 Å². The lowest BCUT2D eigenvalue weighted by molar-refractivity contribution is 0.0941. The molecule has 0 spiro atoms. The first-order valence-corrected chi connectivity index (χ1v) is 7.02. The van der Waals surface area contributed by atoms with Crippen LogP contribution in [-0.2, 0) is 6.42 Å². The summed E-state index contributed by atoms with van der Waals surface area (Å²) in [5.41, 5.74) is 4.96. The molecule has 1 aromatic carbocycles. The third-order valence-electron chi connectivity index (χ3n) is 2.83. The second-order valence-corrected chi connectivity index (χ2v) is 5.18. The Morgan fingerprint density at radius 3 is 2.84 bits per heavy atom. The summed E-state index contributed by atoms with van der Waals surface area (Å²) in [6.45, 7) is 1.99. The van der Waals surface area contributed by atoms with Gasteiger partial charge in [-0.25, -0.2) is 0 Å². The first kappa shape index (κ1) is 13.6. The van der Waals surface area contributed by atoms with Gasteiger partial charge in [-0.05, 0) is 47.9 Å². The van der Waals surface area contributed by atoms with Gasteiger partial charge in [-0.2, -0.15) is 11.3 Å². The number of nitrogens with two attached hydrogens (primary N) is 1. The highest BCUT2D eigenvalue weighted by atomic mass is 32.1. The van der Waals surface area contributed by atoms with Gasteiger partial charge >= 0.3 is 0 Å². The Bertz CT molecular complexity index is 539. The highest BCUT2D eigenvalue weighted by Gasteiger charge is 2.13. The maximum Gasteiger partial charge on any atom is 0.253 e. The van der Waals surface area contributed by atoms with Crippen molar-refractivity contribution in [1.29, 1.82) is 0 Å². The van der Waals surface area contributed by atoms with Gasteiger partial charge in [0.1, 0.15) is 0 Å². The van der Waals surface area contributed by atoms with Gasteiger partial charge in [0.25, 0.3) is 5.91 Å². The van der Waals surface area contributed by atoms with E-state index in [9.17, 15) is 4.79 Å². The Hall–Kier alpha value is -1.85. The number of rotatable bonds is 5. The molecule has 0 saturated carbocycles. The van der Waals surface area contributed by atoms with Gasteiger partial charge in [-0.15, -0.1) is 0 Å². The molecule has 4 nitrogen and oxygen atoms in total. The number of carbonyl (C=O) groups is 1. The summed E-state index contributed by atoms with van der Waals surface area (Å²) in [7, 11) is 0. The molecule has 2 rings (SSSR count). The van der Waals surface area contributed by atoms with Gasteiger partial charge in [0.2, 0.25) is 0 Å². The molecule has 5 heteroatoms. The van der Waals surface area contributed by atoms with Gasteiger partial charge in [0.15, 0.2) is 0 Å². The molecule has 1 aromatic heterocycles. The molecular weight excluding hydrogens is 258 g/mol. The zero-order valence-corrected chi connectivity index (χ0v) is 11.5. The molecule has 0 saturated heterocycles. The fourth-order valence-electron chi connectivity index (χ4n) is 1.92. The molecule has 19 heavy (non-hydrogen) atoms. The Kier molecular flexibility index (Phi) is 4.54. The minimum atomic E-state index is -0.115. The number of hydrazine groups is 1. The number of para-hydroxylation sites is 1. The predicted octanol–water partition coefficient (Wildman–Crippen LogP) is 2.39. The zero-order chi connectivity index (χ0) is 13.7. The number of anilines is 1. The number of carbonyl (C=O) groups excluding carboxylic acids is 1. The lowest BCUT2D eigenvalue weighted by atomic mass is 10.1. The Balaban J connectivity index is 2.00. The van der Waals surface area contributed by atoms with Crippen LogP contribution in [0.2, 0.25) is 0 Å². The van der Waals surface area contributed by atoms with E-state index >= 15 is 0 Å². The van der Waals surface area contributed by atoms with Crippen LogP contribution in [0.5, 0.6) is 0 Å². The Morgan fingerprint density at radius 2 is 2.16 bits per heavy atom. The first-order valence-electron chi connectivity index (χ1n) is 6.08. The van der Waals surface area contributed by atoms with E-state index < -0.39 is 0 Å². The molecule has 1 unspecified atom stereocenters. The number of nitrogen functional groups attached to an aromatic ring is 1. The van der Waals surface area contributed by atoms with Crippen molar-refractivity contribution in [2.75, 3.05) is 5.43 Å². The monoisotopic (exact) mass is 275 g/mol. The first-order chi connectivity index (χ1) is 9.20. The van der Waals surface area contributed by atoms with Crippen LogP contribution >= 0.6 is 11.3 Å². The Labute approximate surface area is 116 Å². The van der Waals surface area contributed by atoms with Gasteiger partial charge in [-0.3, -0.25) is 10.6 Å². The van der Waals surface area contributed by atoms with Crippen LogP contribution in [0.15, 0.2) is 41.1 Å². The maximum absolute atomic E-state index is 12.2. The van der Waals surface area contributed by atoms with Crippen LogP contribution in [0.3, 0.4) is 0 Å². The maximum atomic E-state index is 12.2. The van der Waals surface area contributed by atoms with Gasteiger partial charge < -0.3 is 10.7 Å². The molecule has 4 N–H and O–H groups in total. The SMILES string of the molecule is CC(Cc1ccsc1)NC(=O)c1ccccc1NN. The highest BCUT2D eigenvalue weighted by Crippen LogP contribution is 2.14. The highest BCUT2D eigenvalue weighted by molar-refractivity contribution is 7.07. The third kappa shape index (κ3) is 3.56. The lowest BCUT2D eigenvalue weighted by Gasteiger charge is -2.15. The minimum absolute atomic E-state index is 0.0768. The van der Waals surface area contributed by atoms with Crippen molar-refractivity contribution < 1.29 is 4.79 Å². The fraction of sp³-hybridized carbons (Fsp3) is 0.214. The van der Waals surface area contributed by atoms with Crippen molar-refractivity contribution in [2.24, 2.45) is 5.84 Å². The average Bonchev–Trinajstić information content (AvgIpc) is 2.91. The second kappa shape index (κ2) is 6.36. The number of nitrogens with one attached hydrogen (secondary N) is 2. The van der Waals surface area contributed by atoms with Crippen molar-refractivity contribution >= 4 is 22.9 Å². The van der Waals surface area contributed by atoms with Crippen LogP contribution in [0.25, 0.3) is 0 Å². The topological polar surface area (TPSA) is 67.2 Å². The van der Waals surface area contributed by atoms with Crippen LogP contribution < -0.4 is 16.6 Å². The number of hydrogen-bond donors (Lipinski definition) is 3. The molecule has 100 valence electrons. The van der Waals surface area contributed by atoms with Crippen LogP contribution in [0.1, 0.15) is 22.8 Å². The third-order valence-corrected chi connectivity index (χ3v) is 3.56. The number of benzene rings is 1. The lowest BCUT2D eigenvalue weighted by Crippen LogP contribution is -2.34. The quantitative estimate of drug-likeness (QED) is 0.580. The predicted molar refractivity (Wildman–Crippen MR) is 79.2 cm³/mol. The summed E-state index contributed by atoms with van der Waals surface area (Å²) in [4.78, 5) is 12.2. The molecule has 0 bridgehead atoms. The molecule has 0 aliphatic carbocycles. The molecule has 0 aliphatic heterocycles. The summed E-state index contributed by atoms with van der Waals surface area (Å²) in [5, 5.41) is 7.11. The zero-order valence-electron chi connectivity index (χ0n) is 10.7. The number of hydrogen-bond acceptors (Lipinski definition) is 4. The number of thiophene rings is 1. The fourth-order valence-corrected chi connectivity index (χ4v) is 2.60. The average molecular weight is 275 g/mol. The van der Waals surface area contributed by atoms with Crippen molar-refractivity contribution in [3.8, 4) is 0 Å². The smallest absolute Gasteiger partial charge is 0.253 e. The van der Waals surface area contributed by atoms with Gasteiger partial charge in [-0.1, -0.05) is 12.1 Å². The Morgan fingerprint density at radius 1 is 1.37 bits per heavy atom. The van der Waals surface area contributed by atoms with E-state index in [0.717, 1.165) is 6.42 Å². The molecule has 0 radical (unpaired) electrons. The summed E-state index contributed by atoms with van der Waals surface area (Å²) >= 11 is 1.66. The van der Waals surface area contributed by atoms with Crippen LogP contribution in [-0.4, -0.2) is 11.9 Å². The largest absolute Gasteiger partial charge is 0.349 e. The number of amides is 1. The van der Waals surface area contributed by atoms with E-state index in [4.69, 9.17) is 5.84 Å². The molecule has 1 atom stereocenters.